The second-order valence-corrected chi connectivity index (χ2v) is 6.91. The van der Waals surface area contributed by atoms with Crippen molar-refractivity contribution in [3.05, 3.63) is 53.6 Å². The quantitative estimate of drug-likeness (QED) is 0.719. The molecule has 0 spiro atoms. The zero-order valence-corrected chi connectivity index (χ0v) is 16.6. The summed E-state index contributed by atoms with van der Waals surface area (Å²) in [5, 5.41) is 0. The van der Waals surface area contributed by atoms with E-state index in [0.717, 1.165) is 24.3 Å². The van der Waals surface area contributed by atoms with E-state index in [1.165, 1.54) is 0 Å². The summed E-state index contributed by atoms with van der Waals surface area (Å²) in [6, 6.07) is 13.2. The summed E-state index contributed by atoms with van der Waals surface area (Å²) in [5.74, 6) is 1.23. The molecule has 6 heteroatoms. The number of hydrogen-bond donors (Lipinski definition) is 0. The minimum absolute atomic E-state index is 0.00721. The van der Waals surface area contributed by atoms with Crippen LogP contribution in [0.25, 0.3) is 0 Å². The van der Waals surface area contributed by atoms with Gasteiger partial charge in [0.2, 0.25) is 0 Å². The molecule has 6 nitrogen and oxygen atoms in total. The van der Waals surface area contributed by atoms with Crippen molar-refractivity contribution in [3.63, 3.8) is 0 Å². The maximum atomic E-state index is 12.5. The molecule has 148 valence electrons. The summed E-state index contributed by atoms with van der Waals surface area (Å²) in [4.78, 5) is 27.9. The van der Waals surface area contributed by atoms with E-state index in [1.54, 1.807) is 14.0 Å². The van der Waals surface area contributed by atoms with Crippen molar-refractivity contribution >= 4 is 17.4 Å². The van der Waals surface area contributed by atoms with Crippen molar-refractivity contribution in [1.29, 1.82) is 0 Å². The number of carbonyl (C=O) groups is 2. The number of methoxy groups -OCH3 is 1. The number of rotatable bonds is 6. The first-order chi connectivity index (χ1) is 13.5. The van der Waals surface area contributed by atoms with Crippen molar-refractivity contribution in [1.82, 2.24) is 4.90 Å². The van der Waals surface area contributed by atoms with Gasteiger partial charge in [-0.3, -0.25) is 9.59 Å². The standard InChI is InChI=1S/C22H26N2O4/c1-16-4-9-20(21(14-16)27-3)28-15-22(26)24-12-10-23(11-13-24)19-7-5-18(6-8-19)17(2)25/h4-9,14H,10-13,15H2,1-3H3. The van der Waals surface area contributed by atoms with Crippen LogP contribution in [0.5, 0.6) is 11.5 Å². The van der Waals surface area contributed by atoms with Gasteiger partial charge in [0.1, 0.15) is 0 Å². The molecule has 2 aromatic carbocycles. The van der Waals surface area contributed by atoms with Crippen molar-refractivity contribution in [3.8, 4) is 11.5 Å². The van der Waals surface area contributed by atoms with E-state index in [1.807, 2.05) is 54.3 Å². The maximum absolute atomic E-state index is 12.5. The van der Waals surface area contributed by atoms with E-state index in [0.29, 0.717) is 30.2 Å². The summed E-state index contributed by atoms with van der Waals surface area (Å²) in [6.07, 6.45) is 0. The van der Waals surface area contributed by atoms with Gasteiger partial charge in [-0.25, -0.2) is 0 Å². The van der Waals surface area contributed by atoms with E-state index < -0.39 is 0 Å². The highest BCUT2D eigenvalue weighted by molar-refractivity contribution is 5.94. The van der Waals surface area contributed by atoms with Gasteiger partial charge in [-0.2, -0.15) is 0 Å². The highest BCUT2D eigenvalue weighted by Crippen LogP contribution is 2.27. The van der Waals surface area contributed by atoms with Gasteiger partial charge < -0.3 is 19.3 Å². The number of piperazine rings is 1. The Hall–Kier alpha value is -3.02. The van der Waals surface area contributed by atoms with Crippen molar-refractivity contribution < 1.29 is 19.1 Å². The van der Waals surface area contributed by atoms with Crippen LogP contribution < -0.4 is 14.4 Å². The topological polar surface area (TPSA) is 59.1 Å². The molecule has 1 aliphatic heterocycles. The summed E-state index contributed by atoms with van der Waals surface area (Å²) >= 11 is 0. The van der Waals surface area contributed by atoms with Crippen LogP contribution in [0.15, 0.2) is 42.5 Å². The van der Waals surface area contributed by atoms with Gasteiger partial charge in [0.25, 0.3) is 5.91 Å². The van der Waals surface area contributed by atoms with Gasteiger partial charge >= 0.3 is 0 Å². The van der Waals surface area contributed by atoms with Crippen molar-refractivity contribution in [2.24, 2.45) is 0 Å². The van der Waals surface area contributed by atoms with Crippen LogP contribution in [-0.4, -0.2) is 56.5 Å². The molecule has 0 bridgehead atoms. The molecule has 0 aromatic heterocycles. The molecule has 1 fully saturated rings. The smallest absolute Gasteiger partial charge is 0.260 e. The molecule has 3 rings (SSSR count). The second kappa shape index (κ2) is 8.78. The molecule has 1 aliphatic rings. The molecule has 1 saturated heterocycles. The lowest BCUT2D eigenvalue weighted by molar-refractivity contribution is -0.133. The monoisotopic (exact) mass is 382 g/mol. The fraction of sp³-hybridized carbons (Fsp3) is 0.364. The zero-order valence-electron chi connectivity index (χ0n) is 16.6. The number of nitrogens with zero attached hydrogens (tertiary/aromatic N) is 2. The number of hydrogen-bond acceptors (Lipinski definition) is 5. The SMILES string of the molecule is COc1cc(C)ccc1OCC(=O)N1CCN(c2ccc(C(C)=O)cc2)CC1. The molecule has 28 heavy (non-hydrogen) atoms. The molecule has 1 amide bonds. The molecule has 0 N–H and O–H groups in total. The summed E-state index contributed by atoms with van der Waals surface area (Å²) < 4.78 is 11.0. The predicted octanol–water partition coefficient (Wildman–Crippen LogP) is 2.93. The van der Waals surface area contributed by atoms with Gasteiger partial charge in [0.15, 0.2) is 23.9 Å². The highest BCUT2D eigenvalue weighted by Gasteiger charge is 2.22. The Kier molecular flexibility index (Phi) is 6.19. The number of amides is 1. The number of aryl methyl sites for hydroxylation is 1. The fourth-order valence-corrected chi connectivity index (χ4v) is 3.25. The molecule has 2 aromatic rings. The molecule has 1 heterocycles. The predicted molar refractivity (Wildman–Crippen MR) is 108 cm³/mol. The minimum atomic E-state index is -0.0331. The summed E-state index contributed by atoms with van der Waals surface area (Å²) in [7, 11) is 1.59. The van der Waals surface area contributed by atoms with Crippen molar-refractivity contribution in [2.45, 2.75) is 13.8 Å². The van der Waals surface area contributed by atoms with Crippen LogP contribution in [0.2, 0.25) is 0 Å². The van der Waals surface area contributed by atoms with Crippen molar-refractivity contribution in [2.75, 3.05) is 44.8 Å². The Morgan fingerprint density at radius 1 is 0.964 bits per heavy atom. The van der Waals surface area contributed by atoms with Gasteiger partial charge in [-0.05, 0) is 55.8 Å². The molecule has 0 saturated carbocycles. The van der Waals surface area contributed by atoms with Crippen LogP contribution in [-0.2, 0) is 4.79 Å². The third kappa shape index (κ3) is 4.63. The highest BCUT2D eigenvalue weighted by atomic mass is 16.5. The molecule has 0 atom stereocenters. The Morgan fingerprint density at radius 2 is 1.64 bits per heavy atom. The van der Waals surface area contributed by atoms with E-state index in [2.05, 4.69) is 4.90 Å². The molecule has 0 unspecified atom stereocenters. The van der Waals surface area contributed by atoms with E-state index in [9.17, 15) is 9.59 Å². The minimum Gasteiger partial charge on any atom is -0.493 e. The van der Waals surface area contributed by atoms with E-state index >= 15 is 0 Å². The number of ketones is 1. The lowest BCUT2D eigenvalue weighted by Gasteiger charge is -2.36. The van der Waals surface area contributed by atoms with Gasteiger partial charge in [-0.1, -0.05) is 6.07 Å². The number of Topliss-reactive ketones (excluding diaryl/α,β-unsaturated/α-hetero) is 1. The van der Waals surface area contributed by atoms with Crippen LogP contribution in [0, 0.1) is 6.92 Å². The largest absolute Gasteiger partial charge is 0.493 e. The third-order valence-corrected chi connectivity index (χ3v) is 4.94. The molecular formula is C22H26N2O4. The number of ether oxygens (including phenoxy) is 2. The molecule has 0 radical (unpaired) electrons. The van der Waals surface area contributed by atoms with E-state index in [4.69, 9.17) is 9.47 Å². The average Bonchev–Trinajstić information content (AvgIpc) is 2.72. The number of anilines is 1. The fourth-order valence-electron chi connectivity index (χ4n) is 3.25. The Balaban J connectivity index is 1.52. The van der Waals surface area contributed by atoms with Crippen LogP contribution in [0.1, 0.15) is 22.8 Å². The van der Waals surface area contributed by atoms with Crippen LogP contribution in [0.4, 0.5) is 5.69 Å². The van der Waals surface area contributed by atoms with Gasteiger partial charge in [0, 0.05) is 37.4 Å². The number of benzene rings is 2. The lowest BCUT2D eigenvalue weighted by Crippen LogP contribution is -2.50. The van der Waals surface area contributed by atoms with Gasteiger partial charge in [0.05, 0.1) is 7.11 Å². The third-order valence-electron chi connectivity index (χ3n) is 4.94. The normalized spacial score (nSPS) is 14.0. The van der Waals surface area contributed by atoms with Gasteiger partial charge in [-0.15, -0.1) is 0 Å². The summed E-state index contributed by atoms with van der Waals surface area (Å²) in [5.41, 5.74) is 2.85. The first kappa shape index (κ1) is 19.7. The second-order valence-electron chi connectivity index (χ2n) is 6.91. The molecule has 0 aliphatic carbocycles. The first-order valence-electron chi connectivity index (χ1n) is 9.39. The lowest BCUT2D eigenvalue weighted by atomic mass is 10.1. The summed E-state index contributed by atoms with van der Waals surface area (Å²) in [6.45, 7) is 6.31. The molecular weight excluding hydrogens is 356 g/mol. The Morgan fingerprint density at radius 3 is 2.25 bits per heavy atom. The number of carbonyl (C=O) groups excluding carboxylic acids is 2. The maximum Gasteiger partial charge on any atom is 0.260 e. The first-order valence-corrected chi connectivity index (χ1v) is 9.39. The average molecular weight is 382 g/mol. The Bertz CT molecular complexity index is 840. The van der Waals surface area contributed by atoms with Crippen LogP contribution in [0.3, 0.4) is 0 Å². The van der Waals surface area contributed by atoms with Crippen LogP contribution >= 0.6 is 0 Å². The van der Waals surface area contributed by atoms with E-state index in [-0.39, 0.29) is 18.3 Å². The zero-order chi connectivity index (χ0) is 20.1. The Labute approximate surface area is 165 Å².